The van der Waals surface area contributed by atoms with E-state index in [4.69, 9.17) is 0 Å². The summed E-state index contributed by atoms with van der Waals surface area (Å²) in [5, 5.41) is 9.99. The first-order valence-electron chi connectivity index (χ1n) is 8.58. The summed E-state index contributed by atoms with van der Waals surface area (Å²) in [6.45, 7) is 8.48. The van der Waals surface area contributed by atoms with E-state index in [0.29, 0.717) is 5.75 Å². The van der Waals surface area contributed by atoms with Crippen LogP contribution in [0, 0.1) is 6.92 Å². The first kappa shape index (κ1) is 18.0. The van der Waals surface area contributed by atoms with Crippen molar-refractivity contribution in [3.8, 4) is 5.75 Å². The van der Waals surface area contributed by atoms with E-state index in [9.17, 15) is 5.11 Å². The maximum Gasteiger partial charge on any atom is 0.121 e. The van der Waals surface area contributed by atoms with E-state index in [-0.39, 0.29) is 0 Å². The Kier molecular flexibility index (Phi) is 8.44. The van der Waals surface area contributed by atoms with Crippen LogP contribution in [0.3, 0.4) is 0 Å². The number of phenolic OH excluding ortho intramolecular Hbond substituents is 1. The van der Waals surface area contributed by atoms with Crippen molar-refractivity contribution >= 4 is 0 Å². The number of aryl methyl sites for hydroxylation is 2. The van der Waals surface area contributed by atoms with Crippen molar-refractivity contribution in [2.24, 2.45) is 0 Å². The van der Waals surface area contributed by atoms with Crippen LogP contribution in [0.25, 0.3) is 0 Å². The van der Waals surface area contributed by atoms with Gasteiger partial charge in [-0.15, -0.1) is 0 Å². The standard InChI is InChI=1S/C19H33NO/c1-5-7-8-9-10-11-12-20(4)15-17-13-16(3)19(21)18(6-2)14-17/h13-14,21H,5-12,15H2,1-4H3. The van der Waals surface area contributed by atoms with Crippen molar-refractivity contribution in [2.45, 2.75) is 72.3 Å². The molecule has 0 aromatic heterocycles. The van der Waals surface area contributed by atoms with E-state index >= 15 is 0 Å². The topological polar surface area (TPSA) is 23.5 Å². The summed E-state index contributed by atoms with van der Waals surface area (Å²) in [6.07, 6.45) is 8.98. The molecule has 0 unspecified atom stereocenters. The van der Waals surface area contributed by atoms with Crippen molar-refractivity contribution in [3.05, 3.63) is 28.8 Å². The lowest BCUT2D eigenvalue weighted by molar-refractivity contribution is 0.316. The lowest BCUT2D eigenvalue weighted by Gasteiger charge is -2.18. The van der Waals surface area contributed by atoms with Gasteiger partial charge in [-0.1, -0.05) is 58.1 Å². The van der Waals surface area contributed by atoms with Crippen LogP contribution in [0.5, 0.6) is 5.75 Å². The van der Waals surface area contributed by atoms with Crippen LogP contribution in [0.4, 0.5) is 0 Å². The SMILES string of the molecule is CCCCCCCCN(C)Cc1cc(C)c(O)c(CC)c1. The molecule has 1 rings (SSSR count). The van der Waals surface area contributed by atoms with Gasteiger partial charge in [-0.05, 0) is 50.0 Å². The van der Waals surface area contributed by atoms with Crippen molar-refractivity contribution in [2.75, 3.05) is 13.6 Å². The highest BCUT2D eigenvalue weighted by Crippen LogP contribution is 2.25. The zero-order valence-corrected chi connectivity index (χ0v) is 14.4. The quantitative estimate of drug-likeness (QED) is 0.609. The molecule has 1 aromatic rings. The number of hydrogen-bond acceptors (Lipinski definition) is 2. The average Bonchev–Trinajstić information content (AvgIpc) is 2.46. The van der Waals surface area contributed by atoms with Gasteiger partial charge < -0.3 is 10.0 Å². The normalized spacial score (nSPS) is 11.3. The third kappa shape index (κ3) is 6.52. The van der Waals surface area contributed by atoms with Crippen molar-refractivity contribution < 1.29 is 5.11 Å². The highest BCUT2D eigenvalue weighted by atomic mass is 16.3. The van der Waals surface area contributed by atoms with Crippen LogP contribution in [0.1, 0.15) is 69.1 Å². The molecule has 0 heterocycles. The van der Waals surface area contributed by atoms with Gasteiger partial charge >= 0.3 is 0 Å². The summed E-state index contributed by atoms with van der Waals surface area (Å²) in [4.78, 5) is 2.39. The fraction of sp³-hybridized carbons (Fsp3) is 0.684. The van der Waals surface area contributed by atoms with Gasteiger partial charge in [0.25, 0.3) is 0 Å². The highest BCUT2D eigenvalue weighted by molar-refractivity contribution is 5.43. The van der Waals surface area contributed by atoms with Gasteiger partial charge in [-0.2, -0.15) is 0 Å². The Morgan fingerprint density at radius 3 is 2.33 bits per heavy atom. The zero-order valence-electron chi connectivity index (χ0n) is 14.4. The molecule has 1 aromatic carbocycles. The number of benzene rings is 1. The van der Waals surface area contributed by atoms with Gasteiger partial charge in [0.05, 0.1) is 0 Å². The minimum Gasteiger partial charge on any atom is -0.507 e. The molecule has 0 aliphatic rings. The number of rotatable bonds is 10. The number of aromatic hydroxyl groups is 1. The molecule has 0 radical (unpaired) electrons. The number of phenols is 1. The van der Waals surface area contributed by atoms with Crippen LogP contribution < -0.4 is 0 Å². The summed E-state index contributed by atoms with van der Waals surface area (Å²) in [7, 11) is 2.19. The van der Waals surface area contributed by atoms with E-state index in [1.807, 2.05) is 6.92 Å². The fourth-order valence-corrected chi connectivity index (χ4v) is 2.85. The molecule has 0 bridgehead atoms. The van der Waals surface area contributed by atoms with Gasteiger partial charge in [-0.3, -0.25) is 0 Å². The lowest BCUT2D eigenvalue weighted by atomic mass is 10.0. The molecule has 120 valence electrons. The number of nitrogens with zero attached hydrogens (tertiary/aromatic N) is 1. The van der Waals surface area contributed by atoms with Crippen LogP contribution >= 0.6 is 0 Å². The first-order valence-corrected chi connectivity index (χ1v) is 8.58. The summed E-state index contributed by atoms with van der Waals surface area (Å²) in [5.41, 5.74) is 3.38. The van der Waals surface area contributed by atoms with Crippen LogP contribution in [0.15, 0.2) is 12.1 Å². The molecule has 1 N–H and O–H groups in total. The summed E-state index contributed by atoms with van der Waals surface area (Å²) < 4.78 is 0. The molecule has 0 aliphatic heterocycles. The molecular weight excluding hydrogens is 258 g/mol. The molecule has 21 heavy (non-hydrogen) atoms. The third-order valence-electron chi connectivity index (χ3n) is 4.17. The van der Waals surface area contributed by atoms with Crippen LogP contribution in [-0.4, -0.2) is 23.6 Å². The molecular formula is C19H33NO. The molecule has 0 amide bonds. The van der Waals surface area contributed by atoms with Crippen molar-refractivity contribution in [1.82, 2.24) is 4.90 Å². The van der Waals surface area contributed by atoms with Crippen LogP contribution in [0.2, 0.25) is 0 Å². The largest absolute Gasteiger partial charge is 0.507 e. The third-order valence-corrected chi connectivity index (χ3v) is 4.17. The minimum atomic E-state index is 0.472. The van der Waals surface area contributed by atoms with E-state index in [0.717, 1.165) is 30.6 Å². The lowest BCUT2D eigenvalue weighted by Crippen LogP contribution is -2.19. The summed E-state index contributed by atoms with van der Waals surface area (Å²) in [5.74, 6) is 0.472. The molecule has 0 aliphatic carbocycles. The number of unbranched alkanes of at least 4 members (excludes halogenated alkanes) is 5. The Hall–Kier alpha value is -1.02. The Balaban J connectivity index is 2.37. The molecule has 2 nitrogen and oxygen atoms in total. The molecule has 0 atom stereocenters. The minimum absolute atomic E-state index is 0.472. The van der Waals surface area contributed by atoms with E-state index in [2.05, 4.69) is 37.9 Å². The highest BCUT2D eigenvalue weighted by Gasteiger charge is 2.07. The maximum atomic E-state index is 9.99. The average molecular weight is 291 g/mol. The van der Waals surface area contributed by atoms with Crippen molar-refractivity contribution in [1.29, 1.82) is 0 Å². The van der Waals surface area contributed by atoms with E-state index < -0.39 is 0 Å². The predicted octanol–water partition coefficient (Wildman–Crippen LogP) is 5.06. The Bertz CT molecular complexity index is 414. The monoisotopic (exact) mass is 291 g/mol. The summed E-state index contributed by atoms with van der Waals surface area (Å²) >= 11 is 0. The Morgan fingerprint density at radius 2 is 1.67 bits per heavy atom. The van der Waals surface area contributed by atoms with Crippen molar-refractivity contribution in [3.63, 3.8) is 0 Å². The second-order valence-corrected chi connectivity index (χ2v) is 6.28. The van der Waals surface area contributed by atoms with Crippen LogP contribution in [-0.2, 0) is 13.0 Å². The predicted molar refractivity (Wildman–Crippen MR) is 91.9 cm³/mol. The second kappa shape index (κ2) is 9.83. The van der Waals surface area contributed by atoms with E-state index in [1.54, 1.807) is 0 Å². The van der Waals surface area contributed by atoms with Gasteiger partial charge in [0.2, 0.25) is 0 Å². The molecule has 0 saturated heterocycles. The van der Waals surface area contributed by atoms with Gasteiger partial charge in [0, 0.05) is 6.54 Å². The molecule has 0 saturated carbocycles. The summed E-state index contributed by atoms with van der Waals surface area (Å²) in [6, 6.07) is 4.27. The van der Waals surface area contributed by atoms with E-state index in [1.165, 1.54) is 44.1 Å². The molecule has 0 spiro atoms. The Labute approximate surface area is 131 Å². The first-order chi connectivity index (χ1) is 10.1. The second-order valence-electron chi connectivity index (χ2n) is 6.28. The molecule has 0 fully saturated rings. The van der Waals surface area contributed by atoms with Gasteiger partial charge in [0.1, 0.15) is 5.75 Å². The fourth-order valence-electron chi connectivity index (χ4n) is 2.85. The number of hydrogen-bond donors (Lipinski definition) is 1. The maximum absolute atomic E-state index is 9.99. The zero-order chi connectivity index (χ0) is 15.7. The molecule has 2 heteroatoms. The smallest absolute Gasteiger partial charge is 0.121 e. The Morgan fingerprint density at radius 1 is 1.00 bits per heavy atom. The van der Waals surface area contributed by atoms with Gasteiger partial charge in [0.15, 0.2) is 0 Å². The van der Waals surface area contributed by atoms with Gasteiger partial charge in [-0.25, -0.2) is 0 Å².